The monoisotopic (exact) mass is 284 g/mol. The van der Waals surface area contributed by atoms with Crippen molar-refractivity contribution in [1.29, 1.82) is 0 Å². The third-order valence-corrected chi connectivity index (χ3v) is 4.14. The van der Waals surface area contributed by atoms with Crippen molar-refractivity contribution in [3.05, 3.63) is 4.88 Å². The van der Waals surface area contributed by atoms with Crippen molar-refractivity contribution in [1.82, 2.24) is 9.88 Å². The zero-order valence-electron chi connectivity index (χ0n) is 11.1. The molecule has 19 heavy (non-hydrogen) atoms. The molecule has 0 saturated carbocycles. The summed E-state index contributed by atoms with van der Waals surface area (Å²) in [5, 5.41) is 13.3. The van der Waals surface area contributed by atoms with Crippen LogP contribution in [0.3, 0.4) is 0 Å². The Labute approximate surface area is 116 Å². The van der Waals surface area contributed by atoms with Crippen LogP contribution in [0.4, 0.5) is 10.9 Å². The van der Waals surface area contributed by atoms with E-state index in [0.29, 0.717) is 41.8 Å². The second-order valence-corrected chi connectivity index (χ2v) is 5.68. The summed E-state index contributed by atoms with van der Waals surface area (Å²) in [5.41, 5.74) is 5.81. The molecule has 2 heterocycles. The number of nitrogen functional groups attached to an aromatic ring is 1. The van der Waals surface area contributed by atoms with Crippen molar-refractivity contribution in [3.8, 4) is 0 Å². The maximum atomic E-state index is 12.3. The third-order valence-electron chi connectivity index (χ3n) is 3.13. The van der Waals surface area contributed by atoms with Gasteiger partial charge in [-0.3, -0.25) is 4.79 Å². The molecular formula is C12H20N4O2S. The fourth-order valence-electron chi connectivity index (χ4n) is 2.01. The molecule has 2 rings (SSSR count). The van der Waals surface area contributed by atoms with E-state index in [0.717, 1.165) is 13.0 Å². The van der Waals surface area contributed by atoms with Crippen molar-refractivity contribution < 1.29 is 9.90 Å². The molecule has 0 spiro atoms. The van der Waals surface area contributed by atoms with Gasteiger partial charge in [0.2, 0.25) is 0 Å². The van der Waals surface area contributed by atoms with E-state index >= 15 is 0 Å². The van der Waals surface area contributed by atoms with Crippen molar-refractivity contribution in [3.63, 3.8) is 0 Å². The predicted octanol–water partition coefficient (Wildman–Crippen LogP) is 1.14. The largest absolute Gasteiger partial charge is 0.393 e. The van der Waals surface area contributed by atoms with Gasteiger partial charge in [-0.15, -0.1) is 0 Å². The lowest BCUT2D eigenvalue weighted by molar-refractivity contribution is 0.0551. The number of hydrogen-bond acceptors (Lipinski definition) is 6. The Balaban J connectivity index is 2.04. The minimum Gasteiger partial charge on any atom is -0.393 e. The lowest BCUT2D eigenvalue weighted by Gasteiger charge is -2.29. The molecule has 4 N–H and O–H groups in total. The molecule has 1 fully saturated rings. The first-order valence-electron chi connectivity index (χ1n) is 6.59. The molecule has 6 nitrogen and oxygen atoms in total. The summed E-state index contributed by atoms with van der Waals surface area (Å²) in [4.78, 5) is 18.7. The van der Waals surface area contributed by atoms with Crippen LogP contribution in [0.25, 0.3) is 0 Å². The number of aliphatic hydroxyl groups is 1. The summed E-state index contributed by atoms with van der Waals surface area (Å²) in [6.45, 7) is 4.04. The molecule has 1 aromatic rings. The van der Waals surface area contributed by atoms with Gasteiger partial charge in [0.1, 0.15) is 10.7 Å². The number of nitrogens with two attached hydrogens (primary N) is 1. The van der Waals surface area contributed by atoms with Gasteiger partial charge in [-0.05, 0) is 19.3 Å². The predicted molar refractivity (Wildman–Crippen MR) is 76.5 cm³/mol. The van der Waals surface area contributed by atoms with Gasteiger partial charge in [-0.25, -0.2) is 4.98 Å². The van der Waals surface area contributed by atoms with Crippen LogP contribution in [-0.2, 0) is 0 Å². The molecule has 0 radical (unpaired) electrons. The van der Waals surface area contributed by atoms with Crippen LogP contribution < -0.4 is 11.1 Å². The Morgan fingerprint density at radius 3 is 2.89 bits per heavy atom. The number of amides is 1. The maximum absolute atomic E-state index is 12.3. The lowest BCUT2D eigenvalue weighted by atomic mass is 10.1. The van der Waals surface area contributed by atoms with Crippen LogP contribution in [-0.4, -0.2) is 46.6 Å². The highest BCUT2D eigenvalue weighted by Crippen LogP contribution is 2.27. The number of anilines is 2. The Bertz CT molecular complexity index is 441. The maximum Gasteiger partial charge on any atom is 0.267 e. The van der Waals surface area contributed by atoms with Gasteiger partial charge in [-0.1, -0.05) is 18.3 Å². The van der Waals surface area contributed by atoms with Gasteiger partial charge in [-0.2, -0.15) is 0 Å². The Hall–Kier alpha value is -1.34. The number of piperidine rings is 1. The number of nitrogens with one attached hydrogen (secondary N) is 1. The van der Waals surface area contributed by atoms with E-state index in [-0.39, 0.29) is 12.0 Å². The average Bonchev–Trinajstić information content (AvgIpc) is 2.77. The molecule has 1 aliphatic rings. The van der Waals surface area contributed by atoms with E-state index in [1.54, 1.807) is 4.90 Å². The minimum atomic E-state index is -0.287. The van der Waals surface area contributed by atoms with Gasteiger partial charge >= 0.3 is 0 Å². The van der Waals surface area contributed by atoms with Gasteiger partial charge in [0.15, 0.2) is 5.13 Å². The number of hydrogen-bond donors (Lipinski definition) is 3. The molecule has 7 heteroatoms. The summed E-state index contributed by atoms with van der Waals surface area (Å²) >= 11 is 1.30. The second-order valence-electron chi connectivity index (χ2n) is 4.68. The minimum absolute atomic E-state index is 0.0774. The molecule has 0 aliphatic carbocycles. The number of thiazole rings is 1. The molecule has 1 saturated heterocycles. The van der Waals surface area contributed by atoms with E-state index in [9.17, 15) is 9.90 Å². The fraction of sp³-hybridized carbons (Fsp3) is 0.667. The molecule has 1 aliphatic heterocycles. The number of carbonyl (C=O) groups is 1. The van der Waals surface area contributed by atoms with Crippen molar-refractivity contribution in [2.45, 2.75) is 32.3 Å². The summed E-state index contributed by atoms with van der Waals surface area (Å²) in [6.07, 6.45) is 1.97. The summed E-state index contributed by atoms with van der Waals surface area (Å²) < 4.78 is 0. The van der Waals surface area contributed by atoms with Gasteiger partial charge < -0.3 is 21.1 Å². The van der Waals surface area contributed by atoms with E-state index in [1.807, 2.05) is 0 Å². The van der Waals surface area contributed by atoms with Crippen LogP contribution in [0.5, 0.6) is 0 Å². The molecule has 1 amide bonds. The first kappa shape index (κ1) is 14.1. The summed E-state index contributed by atoms with van der Waals surface area (Å²) in [6, 6.07) is 0. The molecule has 0 bridgehead atoms. The number of nitrogens with zero attached hydrogens (tertiary/aromatic N) is 2. The fourth-order valence-corrected chi connectivity index (χ4v) is 2.88. The summed E-state index contributed by atoms with van der Waals surface area (Å²) in [5.74, 6) is 0.214. The molecular weight excluding hydrogens is 264 g/mol. The van der Waals surface area contributed by atoms with E-state index in [2.05, 4.69) is 17.2 Å². The topological polar surface area (TPSA) is 91.5 Å². The zero-order valence-corrected chi connectivity index (χ0v) is 11.9. The number of aliphatic hydroxyl groups excluding tert-OH is 1. The second kappa shape index (κ2) is 6.21. The highest BCUT2D eigenvalue weighted by atomic mass is 32.1. The van der Waals surface area contributed by atoms with Crippen LogP contribution in [0.2, 0.25) is 0 Å². The van der Waals surface area contributed by atoms with Crippen molar-refractivity contribution >= 4 is 28.2 Å². The first-order chi connectivity index (χ1) is 9.11. The van der Waals surface area contributed by atoms with E-state index in [4.69, 9.17) is 5.73 Å². The van der Waals surface area contributed by atoms with Gasteiger partial charge in [0, 0.05) is 19.6 Å². The Kier molecular flexibility index (Phi) is 4.60. The third kappa shape index (κ3) is 3.36. The molecule has 1 aromatic heterocycles. The number of likely N-dealkylation sites (tertiary alicyclic amines) is 1. The highest BCUT2D eigenvalue weighted by molar-refractivity contribution is 7.18. The smallest absolute Gasteiger partial charge is 0.267 e. The molecule has 0 atom stereocenters. The van der Waals surface area contributed by atoms with Crippen molar-refractivity contribution in [2.75, 3.05) is 30.7 Å². The zero-order chi connectivity index (χ0) is 13.8. The normalized spacial score (nSPS) is 16.6. The number of carbonyl (C=O) groups excluding carboxylic acids is 1. The molecule has 0 unspecified atom stereocenters. The van der Waals surface area contributed by atoms with Crippen LogP contribution >= 0.6 is 11.3 Å². The standard InChI is InChI=1S/C12H20N4O2S/c1-2-5-14-12-15-10(13)9(19-12)11(18)16-6-3-8(17)4-7-16/h8,17H,2-7,13H2,1H3,(H,14,15). The van der Waals surface area contributed by atoms with Crippen LogP contribution in [0, 0.1) is 0 Å². The highest BCUT2D eigenvalue weighted by Gasteiger charge is 2.25. The van der Waals surface area contributed by atoms with Gasteiger partial charge in [0.05, 0.1) is 6.10 Å². The average molecular weight is 284 g/mol. The number of rotatable bonds is 4. The Morgan fingerprint density at radius 1 is 1.58 bits per heavy atom. The van der Waals surface area contributed by atoms with Crippen LogP contribution in [0.15, 0.2) is 0 Å². The number of aromatic nitrogens is 1. The van der Waals surface area contributed by atoms with Crippen molar-refractivity contribution in [2.24, 2.45) is 0 Å². The van der Waals surface area contributed by atoms with E-state index in [1.165, 1.54) is 11.3 Å². The quantitative estimate of drug-likeness (QED) is 0.771. The van der Waals surface area contributed by atoms with Crippen LogP contribution in [0.1, 0.15) is 35.9 Å². The van der Waals surface area contributed by atoms with E-state index < -0.39 is 0 Å². The van der Waals surface area contributed by atoms with Gasteiger partial charge in [0.25, 0.3) is 5.91 Å². The molecule has 0 aromatic carbocycles. The lowest BCUT2D eigenvalue weighted by Crippen LogP contribution is -2.39. The summed E-state index contributed by atoms with van der Waals surface area (Å²) in [7, 11) is 0. The molecule has 106 valence electrons. The Morgan fingerprint density at radius 2 is 2.26 bits per heavy atom. The SMILES string of the molecule is CCCNc1nc(N)c(C(=O)N2CCC(O)CC2)s1. The first-order valence-corrected chi connectivity index (χ1v) is 7.41.